The Morgan fingerprint density at radius 1 is 1.08 bits per heavy atom. The predicted molar refractivity (Wildman–Crippen MR) is 103 cm³/mol. The molecular formula is C23H27NO2. The molecule has 0 bridgehead atoms. The number of rotatable bonds is 7. The van der Waals surface area contributed by atoms with E-state index in [1.165, 1.54) is 50.5 Å². The number of aromatic carboxylic acids is 1. The first-order valence-electron chi connectivity index (χ1n) is 9.99. The number of hydrogen-bond acceptors (Lipinski definition) is 2. The highest BCUT2D eigenvalue weighted by atomic mass is 16.4. The van der Waals surface area contributed by atoms with E-state index in [4.69, 9.17) is 0 Å². The molecule has 2 aromatic rings. The highest BCUT2D eigenvalue weighted by molar-refractivity contribution is 5.89. The Bertz CT molecular complexity index is 795. The largest absolute Gasteiger partial charge is 0.478 e. The van der Waals surface area contributed by atoms with Gasteiger partial charge in [-0.05, 0) is 85.1 Å². The SMILES string of the molecule is O=C(O)c1ccncc1CCC1CCCc2c(CCC3CC3)cccc21. The van der Waals surface area contributed by atoms with Gasteiger partial charge >= 0.3 is 5.97 Å². The molecule has 1 aromatic carbocycles. The fourth-order valence-electron chi connectivity index (χ4n) is 4.49. The van der Waals surface area contributed by atoms with Crippen molar-refractivity contribution >= 4 is 5.97 Å². The van der Waals surface area contributed by atoms with E-state index in [9.17, 15) is 9.90 Å². The highest BCUT2D eigenvalue weighted by Gasteiger charge is 2.25. The zero-order chi connectivity index (χ0) is 17.9. The summed E-state index contributed by atoms with van der Waals surface area (Å²) in [5.41, 5.74) is 5.93. The average molecular weight is 349 g/mol. The van der Waals surface area contributed by atoms with E-state index in [0.717, 1.165) is 24.3 Å². The lowest BCUT2D eigenvalue weighted by Crippen LogP contribution is -2.14. The van der Waals surface area contributed by atoms with Gasteiger partial charge in [-0.2, -0.15) is 0 Å². The van der Waals surface area contributed by atoms with Crippen LogP contribution < -0.4 is 0 Å². The molecule has 2 aliphatic carbocycles. The molecule has 0 aliphatic heterocycles. The summed E-state index contributed by atoms with van der Waals surface area (Å²) in [5.74, 6) is 0.667. The number of carboxylic acids is 1. The molecule has 0 spiro atoms. The molecule has 3 heteroatoms. The number of hydrogen-bond donors (Lipinski definition) is 1. The number of fused-ring (bicyclic) bond motifs is 1. The number of pyridine rings is 1. The molecule has 0 radical (unpaired) electrons. The second-order valence-electron chi connectivity index (χ2n) is 7.93. The summed E-state index contributed by atoms with van der Waals surface area (Å²) < 4.78 is 0. The Hall–Kier alpha value is -2.16. The summed E-state index contributed by atoms with van der Waals surface area (Å²) in [6.07, 6.45) is 14.2. The van der Waals surface area contributed by atoms with Gasteiger partial charge in [0.25, 0.3) is 0 Å². The van der Waals surface area contributed by atoms with Gasteiger partial charge in [0.05, 0.1) is 5.56 Å². The van der Waals surface area contributed by atoms with Crippen LogP contribution in [0.2, 0.25) is 0 Å². The van der Waals surface area contributed by atoms with E-state index in [2.05, 4.69) is 23.2 Å². The zero-order valence-electron chi connectivity index (χ0n) is 15.3. The topological polar surface area (TPSA) is 50.2 Å². The van der Waals surface area contributed by atoms with E-state index in [1.54, 1.807) is 29.6 Å². The fraction of sp³-hybridized carbons (Fsp3) is 0.478. The molecule has 1 heterocycles. The molecule has 1 fully saturated rings. The molecule has 1 atom stereocenters. The van der Waals surface area contributed by atoms with Crippen LogP contribution in [-0.4, -0.2) is 16.1 Å². The summed E-state index contributed by atoms with van der Waals surface area (Å²) in [4.78, 5) is 15.6. The Labute approximate surface area is 155 Å². The van der Waals surface area contributed by atoms with Crippen molar-refractivity contribution in [1.82, 2.24) is 4.98 Å². The lowest BCUT2D eigenvalue weighted by atomic mass is 9.77. The van der Waals surface area contributed by atoms with Gasteiger partial charge < -0.3 is 5.11 Å². The number of aromatic nitrogens is 1. The quantitative estimate of drug-likeness (QED) is 0.750. The first-order valence-corrected chi connectivity index (χ1v) is 9.99. The summed E-state index contributed by atoms with van der Waals surface area (Å²) in [6, 6.07) is 8.48. The standard InChI is InChI=1S/C23H27NO2/c25-23(26)22-13-14-24-15-19(22)12-11-18-4-2-5-20-17(3-1-6-21(18)20)10-9-16-7-8-16/h1,3,6,13-16,18H,2,4-5,7-12H2,(H,25,26). The maximum atomic E-state index is 11.4. The molecule has 1 aromatic heterocycles. The number of benzene rings is 1. The van der Waals surface area contributed by atoms with Gasteiger partial charge in [-0.1, -0.05) is 31.0 Å². The molecule has 1 N–H and O–H groups in total. The van der Waals surface area contributed by atoms with Gasteiger partial charge in [-0.3, -0.25) is 4.98 Å². The fourth-order valence-corrected chi connectivity index (χ4v) is 4.49. The van der Waals surface area contributed by atoms with E-state index < -0.39 is 5.97 Å². The van der Waals surface area contributed by atoms with Crippen LogP contribution in [0.4, 0.5) is 0 Å². The highest BCUT2D eigenvalue weighted by Crippen LogP contribution is 2.38. The van der Waals surface area contributed by atoms with Gasteiger partial charge in [0.15, 0.2) is 0 Å². The lowest BCUT2D eigenvalue weighted by Gasteiger charge is -2.28. The Balaban J connectivity index is 1.49. The second-order valence-corrected chi connectivity index (χ2v) is 7.93. The Kier molecular flexibility index (Phi) is 5.05. The van der Waals surface area contributed by atoms with Gasteiger partial charge in [0, 0.05) is 12.4 Å². The van der Waals surface area contributed by atoms with Crippen molar-refractivity contribution < 1.29 is 9.90 Å². The minimum Gasteiger partial charge on any atom is -0.478 e. The summed E-state index contributed by atoms with van der Waals surface area (Å²) in [5, 5.41) is 9.38. The third-order valence-electron chi connectivity index (χ3n) is 6.14. The molecule has 2 aliphatic rings. The Morgan fingerprint density at radius 3 is 2.73 bits per heavy atom. The van der Waals surface area contributed by atoms with Crippen molar-refractivity contribution in [3.05, 3.63) is 64.5 Å². The van der Waals surface area contributed by atoms with Crippen LogP contribution >= 0.6 is 0 Å². The van der Waals surface area contributed by atoms with Crippen molar-refractivity contribution in [2.75, 3.05) is 0 Å². The van der Waals surface area contributed by atoms with Gasteiger partial charge in [0.1, 0.15) is 0 Å². The van der Waals surface area contributed by atoms with E-state index >= 15 is 0 Å². The van der Waals surface area contributed by atoms with Crippen molar-refractivity contribution in [2.24, 2.45) is 5.92 Å². The van der Waals surface area contributed by atoms with Crippen LogP contribution in [0.15, 0.2) is 36.7 Å². The van der Waals surface area contributed by atoms with Crippen molar-refractivity contribution in [3.8, 4) is 0 Å². The molecule has 0 amide bonds. The van der Waals surface area contributed by atoms with E-state index in [0.29, 0.717) is 11.5 Å². The van der Waals surface area contributed by atoms with Crippen molar-refractivity contribution in [1.29, 1.82) is 0 Å². The predicted octanol–water partition coefficient (Wildman–Crippen LogP) is 5.18. The molecule has 3 nitrogen and oxygen atoms in total. The molecule has 4 rings (SSSR count). The normalized spacial score (nSPS) is 19.2. The minimum absolute atomic E-state index is 0.397. The van der Waals surface area contributed by atoms with Gasteiger partial charge in [-0.25, -0.2) is 4.79 Å². The summed E-state index contributed by atoms with van der Waals surface area (Å²) in [7, 11) is 0. The average Bonchev–Trinajstić information content (AvgIpc) is 3.49. The summed E-state index contributed by atoms with van der Waals surface area (Å²) in [6.45, 7) is 0. The molecular weight excluding hydrogens is 322 g/mol. The van der Waals surface area contributed by atoms with E-state index in [-0.39, 0.29) is 0 Å². The van der Waals surface area contributed by atoms with Gasteiger partial charge in [-0.15, -0.1) is 0 Å². The van der Waals surface area contributed by atoms with E-state index in [1.807, 2.05) is 0 Å². The monoisotopic (exact) mass is 349 g/mol. The lowest BCUT2D eigenvalue weighted by molar-refractivity contribution is 0.0695. The van der Waals surface area contributed by atoms with Crippen LogP contribution in [0.5, 0.6) is 0 Å². The first kappa shape index (κ1) is 17.3. The number of aryl methyl sites for hydroxylation is 2. The van der Waals surface area contributed by atoms with Crippen LogP contribution in [0.25, 0.3) is 0 Å². The maximum absolute atomic E-state index is 11.4. The Morgan fingerprint density at radius 2 is 1.92 bits per heavy atom. The smallest absolute Gasteiger partial charge is 0.336 e. The molecule has 136 valence electrons. The summed E-state index contributed by atoms with van der Waals surface area (Å²) >= 11 is 0. The van der Waals surface area contributed by atoms with Gasteiger partial charge in [0.2, 0.25) is 0 Å². The second kappa shape index (κ2) is 7.61. The van der Waals surface area contributed by atoms with Crippen molar-refractivity contribution in [2.45, 2.75) is 63.7 Å². The molecule has 1 saturated carbocycles. The van der Waals surface area contributed by atoms with Crippen molar-refractivity contribution in [3.63, 3.8) is 0 Å². The van der Waals surface area contributed by atoms with Crippen LogP contribution in [0, 0.1) is 5.92 Å². The number of carboxylic acid groups (broad SMARTS) is 1. The first-order chi connectivity index (χ1) is 12.7. The van der Waals surface area contributed by atoms with Crippen LogP contribution in [0.3, 0.4) is 0 Å². The minimum atomic E-state index is -0.853. The third kappa shape index (κ3) is 3.82. The molecule has 1 unspecified atom stereocenters. The van der Waals surface area contributed by atoms with Crippen LogP contribution in [-0.2, 0) is 19.3 Å². The maximum Gasteiger partial charge on any atom is 0.336 e. The van der Waals surface area contributed by atoms with Crippen LogP contribution in [0.1, 0.15) is 77.1 Å². The third-order valence-corrected chi connectivity index (χ3v) is 6.14. The number of nitrogens with zero attached hydrogens (tertiary/aromatic N) is 1. The zero-order valence-corrected chi connectivity index (χ0v) is 15.3. The number of carbonyl (C=O) groups is 1. The molecule has 26 heavy (non-hydrogen) atoms. The molecule has 0 saturated heterocycles.